The van der Waals surface area contributed by atoms with Crippen LogP contribution in [0.5, 0.6) is 5.75 Å². The monoisotopic (exact) mass is 443 g/mol. The van der Waals surface area contributed by atoms with Crippen LogP contribution in [-0.4, -0.2) is 47.8 Å². The molecule has 3 aromatic rings. The number of anilines is 1. The van der Waals surface area contributed by atoms with Crippen LogP contribution < -0.4 is 10.1 Å². The number of para-hydroxylation sites is 2. The van der Waals surface area contributed by atoms with Crippen LogP contribution in [0.2, 0.25) is 0 Å². The molecule has 0 saturated carbocycles. The minimum atomic E-state index is -0.229. The van der Waals surface area contributed by atoms with E-state index >= 15 is 0 Å². The van der Waals surface area contributed by atoms with Crippen LogP contribution in [0.25, 0.3) is 5.69 Å². The maximum absolute atomic E-state index is 12.9. The Hall–Kier alpha value is -3.25. The fourth-order valence-corrected chi connectivity index (χ4v) is 5.78. The maximum Gasteiger partial charge on any atom is 0.226 e. The number of fused-ring (bicyclic) bond motifs is 4. The van der Waals surface area contributed by atoms with Gasteiger partial charge in [-0.2, -0.15) is 0 Å². The number of benzene rings is 2. The Balaban J connectivity index is 1.15. The predicted octanol–water partition coefficient (Wildman–Crippen LogP) is 4.13. The fraction of sp³-hybridized carbons (Fsp3) is 0.370. The summed E-state index contributed by atoms with van der Waals surface area (Å²) in [6.45, 7) is 2.12. The van der Waals surface area contributed by atoms with E-state index in [0.29, 0.717) is 13.0 Å². The van der Waals surface area contributed by atoms with Crippen molar-refractivity contribution in [2.24, 2.45) is 0 Å². The molecule has 33 heavy (non-hydrogen) atoms. The number of nitrogens with zero attached hydrogens (tertiary/aromatic N) is 2. The quantitative estimate of drug-likeness (QED) is 0.661. The molecule has 0 radical (unpaired) electrons. The van der Waals surface area contributed by atoms with E-state index in [4.69, 9.17) is 9.47 Å². The highest BCUT2D eigenvalue weighted by Gasteiger charge is 2.54. The van der Waals surface area contributed by atoms with Gasteiger partial charge in [0.2, 0.25) is 5.91 Å². The molecule has 1 unspecified atom stereocenters. The van der Waals surface area contributed by atoms with E-state index in [-0.39, 0.29) is 17.0 Å². The van der Waals surface area contributed by atoms with Gasteiger partial charge in [0.1, 0.15) is 11.3 Å². The Morgan fingerprint density at radius 1 is 1.06 bits per heavy atom. The van der Waals surface area contributed by atoms with Gasteiger partial charge in [-0.25, -0.2) is 0 Å². The molecule has 2 aromatic carbocycles. The molecule has 0 bridgehead atoms. The van der Waals surface area contributed by atoms with Crippen molar-refractivity contribution in [1.29, 1.82) is 0 Å². The van der Waals surface area contributed by atoms with E-state index in [2.05, 4.69) is 52.5 Å². The average Bonchev–Trinajstić information content (AvgIpc) is 3.47. The SMILES string of the molecule is COc1ccc(CC(=O)N2CCC3(CC2)CC2(CO3)Nc3ccccc3-n3cccc32)cc1. The maximum atomic E-state index is 12.9. The first kappa shape index (κ1) is 20.4. The van der Waals surface area contributed by atoms with Gasteiger partial charge in [0.25, 0.3) is 0 Å². The van der Waals surface area contributed by atoms with E-state index in [0.717, 1.165) is 49.4 Å². The van der Waals surface area contributed by atoms with E-state index in [1.54, 1.807) is 7.11 Å². The molecule has 6 rings (SSSR count). The molecule has 6 nitrogen and oxygen atoms in total. The van der Waals surface area contributed by atoms with E-state index < -0.39 is 0 Å². The molecule has 1 aromatic heterocycles. The second-order valence-corrected chi connectivity index (χ2v) is 9.54. The Labute approximate surface area is 194 Å². The summed E-state index contributed by atoms with van der Waals surface area (Å²) in [5.74, 6) is 0.991. The molecule has 1 atom stereocenters. The van der Waals surface area contributed by atoms with Crippen molar-refractivity contribution in [2.45, 2.75) is 36.8 Å². The second kappa shape index (κ2) is 7.66. The number of hydrogen-bond donors (Lipinski definition) is 1. The highest BCUT2D eigenvalue weighted by Crippen LogP contribution is 2.50. The lowest BCUT2D eigenvalue weighted by atomic mass is 9.79. The minimum Gasteiger partial charge on any atom is -0.497 e. The van der Waals surface area contributed by atoms with Crippen LogP contribution in [0.3, 0.4) is 0 Å². The smallest absolute Gasteiger partial charge is 0.226 e. The third-order valence-corrected chi connectivity index (χ3v) is 7.57. The number of piperidine rings is 1. The first-order valence-corrected chi connectivity index (χ1v) is 11.7. The van der Waals surface area contributed by atoms with Crippen molar-refractivity contribution in [1.82, 2.24) is 9.47 Å². The molecule has 170 valence electrons. The number of carbonyl (C=O) groups is 1. The standard InChI is InChI=1S/C27H29N3O3/c1-32-21-10-8-20(9-11-21)17-25(31)29-15-12-26(13-16-29)18-27(19-33-26)24-7-4-14-30(24)23-6-3-2-5-22(23)28-27/h2-11,14,28H,12-13,15-19H2,1H3. The normalized spacial score (nSPS) is 22.6. The van der Waals surface area contributed by atoms with Crippen molar-refractivity contribution in [3.63, 3.8) is 0 Å². The summed E-state index contributed by atoms with van der Waals surface area (Å²) in [6.07, 6.45) is 5.22. The van der Waals surface area contributed by atoms with Crippen molar-refractivity contribution < 1.29 is 14.3 Å². The number of aromatic nitrogens is 1. The molecular formula is C27H29N3O3. The molecule has 4 heterocycles. The van der Waals surface area contributed by atoms with Gasteiger partial charge < -0.3 is 24.3 Å². The molecule has 6 heteroatoms. The van der Waals surface area contributed by atoms with Crippen LogP contribution in [0, 0.1) is 0 Å². The number of ether oxygens (including phenoxy) is 2. The zero-order chi connectivity index (χ0) is 22.5. The zero-order valence-electron chi connectivity index (χ0n) is 18.9. The molecular weight excluding hydrogens is 414 g/mol. The highest BCUT2D eigenvalue weighted by atomic mass is 16.5. The summed E-state index contributed by atoms with van der Waals surface area (Å²) in [6, 6.07) is 20.5. The largest absolute Gasteiger partial charge is 0.497 e. The number of likely N-dealkylation sites (tertiary alicyclic amines) is 1. The molecule has 2 saturated heterocycles. The molecule has 3 aliphatic rings. The number of hydrogen-bond acceptors (Lipinski definition) is 4. The van der Waals surface area contributed by atoms with Crippen LogP contribution in [0.4, 0.5) is 5.69 Å². The molecule has 0 aliphatic carbocycles. The third-order valence-electron chi connectivity index (χ3n) is 7.57. The van der Waals surface area contributed by atoms with Crippen molar-refractivity contribution in [3.05, 3.63) is 78.1 Å². The summed E-state index contributed by atoms with van der Waals surface area (Å²) >= 11 is 0. The van der Waals surface area contributed by atoms with Gasteiger partial charge in [-0.15, -0.1) is 0 Å². The summed E-state index contributed by atoms with van der Waals surface area (Å²) in [7, 11) is 1.65. The zero-order valence-corrected chi connectivity index (χ0v) is 18.9. The highest BCUT2D eigenvalue weighted by molar-refractivity contribution is 5.79. The van der Waals surface area contributed by atoms with Gasteiger partial charge in [0.05, 0.1) is 42.8 Å². The Bertz CT molecular complexity index is 1180. The predicted molar refractivity (Wildman–Crippen MR) is 127 cm³/mol. The van der Waals surface area contributed by atoms with Gasteiger partial charge in [0, 0.05) is 25.7 Å². The lowest BCUT2D eigenvalue weighted by molar-refractivity contribution is -0.135. The summed E-state index contributed by atoms with van der Waals surface area (Å²) in [5, 5.41) is 3.83. The van der Waals surface area contributed by atoms with Crippen LogP contribution in [0.1, 0.15) is 30.5 Å². The Morgan fingerprint density at radius 3 is 2.64 bits per heavy atom. The summed E-state index contributed by atoms with van der Waals surface area (Å²) < 4.78 is 14.1. The van der Waals surface area contributed by atoms with E-state index in [9.17, 15) is 4.79 Å². The lowest BCUT2D eigenvalue weighted by Gasteiger charge is -2.41. The number of amides is 1. The summed E-state index contributed by atoms with van der Waals surface area (Å²) in [4.78, 5) is 14.9. The number of rotatable bonds is 3. The van der Waals surface area contributed by atoms with Crippen LogP contribution >= 0.6 is 0 Å². The van der Waals surface area contributed by atoms with E-state index in [1.807, 2.05) is 29.2 Å². The lowest BCUT2D eigenvalue weighted by Crippen LogP contribution is -2.48. The van der Waals surface area contributed by atoms with Gasteiger partial charge in [0.15, 0.2) is 0 Å². The number of nitrogens with one attached hydrogen (secondary N) is 1. The van der Waals surface area contributed by atoms with Gasteiger partial charge in [-0.3, -0.25) is 4.79 Å². The van der Waals surface area contributed by atoms with Crippen molar-refractivity contribution in [2.75, 3.05) is 32.1 Å². The molecule has 2 spiro atoms. The molecule has 1 amide bonds. The Morgan fingerprint density at radius 2 is 1.85 bits per heavy atom. The molecule has 3 aliphatic heterocycles. The first-order valence-electron chi connectivity index (χ1n) is 11.7. The van der Waals surface area contributed by atoms with Crippen molar-refractivity contribution >= 4 is 11.6 Å². The first-order chi connectivity index (χ1) is 16.1. The number of carbonyl (C=O) groups excluding carboxylic acids is 1. The summed E-state index contributed by atoms with van der Waals surface area (Å²) in [5.41, 5.74) is 4.19. The van der Waals surface area contributed by atoms with Crippen LogP contribution in [-0.2, 0) is 21.5 Å². The van der Waals surface area contributed by atoms with Gasteiger partial charge >= 0.3 is 0 Å². The van der Waals surface area contributed by atoms with Gasteiger partial charge in [-0.05, 0) is 54.8 Å². The second-order valence-electron chi connectivity index (χ2n) is 9.54. The average molecular weight is 444 g/mol. The Kier molecular flexibility index (Phi) is 4.73. The topological polar surface area (TPSA) is 55.7 Å². The molecule has 2 fully saturated rings. The van der Waals surface area contributed by atoms with Crippen LogP contribution in [0.15, 0.2) is 66.9 Å². The number of methoxy groups -OCH3 is 1. The van der Waals surface area contributed by atoms with Gasteiger partial charge in [-0.1, -0.05) is 24.3 Å². The minimum absolute atomic E-state index is 0.182. The van der Waals surface area contributed by atoms with Crippen molar-refractivity contribution in [3.8, 4) is 11.4 Å². The molecule has 1 N–H and O–H groups in total. The fourth-order valence-electron chi connectivity index (χ4n) is 5.78. The van der Waals surface area contributed by atoms with E-state index in [1.165, 1.54) is 11.4 Å². The third kappa shape index (κ3) is 3.40.